The molecule has 0 unspecified atom stereocenters. The lowest BCUT2D eigenvalue weighted by atomic mass is 10.1. The number of sulfonamides is 2. The fraction of sp³-hybridized carbons (Fsp3) is 0.389. The van der Waals surface area contributed by atoms with Crippen molar-refractivity contribution in [3.8, 4) is 0 Å². The maximum absolute atomic E-state index is 12.8. The summed E-state index contributed by atoms with van der Waals surface area (Å²) in [6.07, 6.45) is 3.05. The molecule has 3 rings (SSSR count). The average molecular weight is 410 g/mol. The molecule has 2 heterocycles. The predicted molar refractivity (Wildman–Crippen MR) is 105 cm³/mol. The first kappa shape index (κ1) is 19.8. The molecular weight excluding hydrogens is 386 g/mol. The highest BCUT2D eigenvalue weighted by atomic mass is 32.2. The van der Waals surface area contributed by atoms with Crippen LogP contribution < -0.4 is 9.03 Å². The summed E-state index contributed by atoms with van der Waals surface area (Å²) in [7, 11) is -7.10. The largest absolute Gasteiger partial charge is 0.270 e. The second-order valence-corrected chi connectivity index (χ2v) is 10.4. The molecule has 0 amide bonds. The van der Waals surface area contributed by atoms with Crippen LogP contribution in [0.4, 0.5) is 5.69 Å². The predicted octanol–water partition coefficient (Wildman–Crippen LogP) is 2.11. The van der Waals surface area contributed by atoms with E-state index in [1.165, 1.54) is 4.31 Å². The summed E-state index contributed by atoms with van der Waals surface area (Å²) in [5, 5.41) is 0. The van der Waals surface area contributed by atoms with Gasteiger partial charge in [-0.2, -0.15) is 0 Å². The van der Waals surface area contributed by atoms with Crippen molar-refractivity contribution in [3.63, 3.8) is 0 Å². The van der Waals surface area contributed by atoms with Gasteiger partial charge in [0.15, 0.2) is 0 Å². The van der Waals surface area contributed by atoms with Gasteiger partial charge in [0.25, 0.3) is 0 Å². The number of benzene rings is 1. The van der Waals surface area contributed by atoms with Crippen LogP contribution in [0.3, 0.4) is 0 Å². The monoisotopic (exact) mass is 409 g/mol. The summed E-state index contributed by atoms with van der Waals surface area (Å²) < 4.78 is 54.2. The van der Waals surface area contributed by atoms with E-state index in [1.54, 1.807) is 50.4 Å². The van der Waals surface area contributed by atoms with E-state index in [-0.39, 0.29) is 17.2 Å². The third-order valence-corrected chi connectivity index (χ3v) is 8.10. The SMILES string of the molecule is Cc1cc(N2CCCCS2(=O)=O)cc(C)c1S(=O)(=O)NCc1ccccn1. The van der Waals surface area contributed by atoms with Crippen molar-refractivity contribution < 1.29 is 16.8 Å². The molecule has 9 heteroatoms. The molecule has 0 aliphatic carbocycles. The maximum atomic E-state index is 12.8. The van der Waals surface area contributed by atoms with Gasteiger partial charge in [-0.3, -0.25) is 9.29 Å². The highest BCUT2D eigenvalue weighted by molar-refractivity contribution is 7.92. The van der Waals surface area contributed by atoms with Crippen molar-refractivity contribution in [3.05, 3.63) is 53.3 Å². The molecule has 0 atom stereocenters. The Labute approximate surface area is 160 Å². The molecule has 1 aliphatic rings. The second kappa shape index (κ2) is 7.57. The lowest BCUT2D eigenvalue weighted by molar-refractivity contribution is 0.574. The molecule has 1 fully saturated rings. The van der Waals surface area contributed by atoms with Crippen LogP contribution in [-0.2, 0) is 26.6 Å². The van der Waals surface area contributed by atoms with Crippen molar-refractivity contribution in [2.24, 2.45) is 0 Å². The quantitative estimate of drug-likeness (QED) is 0.816. The summed E-state index contributed by atoms with van der Waals surface area (Å²) in [6.45, 7) is 3.88. The number of aromatic nitrogens is 1. The van der Waals surface area contributed by atoms with Gasteiger partial charge in [0.2, 0.25) is 20.0 Å². The summed E-state index contributed by atoms with van der Waals surface area (Å²) >= 11 is 0. The van der Waals surface area contributed by atoms with Gasteiger partial charge in [-0.05, 0) is 62.1 Å². The van der Waals surface area contributed by atoms with E-state index >= 15 is 0 Å². The third-order valence-electron chi connectivity index (χ3n) is 4.52. The Kier molecular flexibility index (Phi) is 5.55. The van der Waals surface area contributed by atoms with Gasteiger partial charge < -0.3 is 0 Å². The van der Waals surface area contributed by atoms with Crippen LogP contribution in [0.1, 0.15) is 29.7 Å². The van der Waals surface area contributed by atoms with E-state index in [9.17, 15) is 16.8 Å². The number of hydrogen-bond donors (Lipinski definition) is 1. The van der Waals surface area contributed by atoms with Gasteiger partial charge >= 0.3 is 0 Å². The van der Waals surface area contributed by atoms with Crippen molar-refractivity contribution in [2.75, 3.05) is 16.6 Å². The van der Waals surface area contributed by atoms with E-state index < -0.39 is 20.0 Å². The first-order valence-corrected chi connectivity index (χ1v) is 11.8. The maximum Gasteiger partial charge on any atom is 0.241 e. The molecule has 0 radical (unpaired) electrons. The Hall–Kier alpha value is -1.97. The fourth-order valence-corrected chi connectivity index (χ4v) is 6.39. The molecule has 1 aromatic carbocycles. The number of hydrogen-bond acceptors (Lipinski definition) is 5. The highest BCUT2D eigenvalue weighted by Crippen LogP contribution is 2.30. The molecular formula is C18H23N3O4S2. The molecule has 1 aromatic heterocycles. The molecule has 1 saturated heterocycles. The molecule has 146 valence electrons. The van der Waals surface area contributed by atoms with Crippen molar-refractivity contribution in [1.29, 1.82) is 0 Å². The fourth-order valence-electron chi connectivity index (χ4n) is 3.32. The van der Waals surface area contributed by atoms with E-state index in [2.05, 4.69) is 9.71 Å². The summed E-state index contributed by atoms with van der Waals surface area (Å²) in [5.41, 5.74) is 2.17. The molecule has 1 aliphatic heterocycles. The average Bonchev–Trinajstić information content (AvgIpc) is 2.59. The smallest absolute Gasteiger partial charge is 0.241 e. The lowest BCUT2D eigenvalue weighted by Crippen LogP contribution is -2.38. The van der Waals surface area contributed by atoms with Gasteiger partial charge in [-0.15, -0.1) is 0 Å². The highest BCUT2D eigenvalue weighted by Gasteiger charge is 2.28. The number of pyridine rings is 1. The molecule has 0 saturated carbocycles. The van der Waals surface area contributed by atoms with Gasteiger partial charge in [-0.25, -0.2) is 21.6 Å². The second-order valence-electron chi connectivity index (χ2n) is 6.65. The minimum atomic E-state index is -3.75. The van der Waals surface area contributed by atoms with Crippen molar-refractivity contribution in [2.45, 2.75) is 38.1 Å². The standard InChI is InChI=1S/C18H23N3O4S2/c1-14-11-17(21-9-5-6-10-26(21,22)23)12-15(2)18(14)27(24,25)20-13-16-7-3-4-8-19-16/h3-4,7-8,11-12,20H,5-6,9-10,13H2,1-2H3. The van der Waals surface area contributed by atoms with Crippen LogP contribution in [0.5, 0.6) is 0 Å². The molecule has 27 heavy (non-hydrogen) atoms. The van der Waals surface area contributed by atoms with E-state index in [1.807, 2.05) is 0 Å². The number of anilines is 1. The van der Waals surface area contributed by atoms with Crippen LogP contribution in [-0.4, -0.2) is 34.1 Å². The van der Waals surface area contributed by atoms with Crippen LogP contribution in [0, 0.1) is 13.8 Å². The normalized spacial score (nSPS) is 17.0. The molecule has 2 aromatic rings. The van der Waals surface area contributed by atoms with Crippen LogP contribution in [0.2, 0.25) is 0 Å². The number of aryl methyl sites for hydroxylation is 2. The summed E-state index contributed by atoms with van der Waals surface area (Å²) in [5.74, 6) is 0.122. The minimum Gasteiger partial charge on any atom is -0.270 e. The van der Waals surface area contributed by atoms with E-state index in [0.717, 1.165) is 6.42 Å². The van der Waals surface area contributed by atoms with Crippen LogP contribution in [0.15, 0.2) is 41.4 Å². The molecule has 0 bridgehead atoms. The molecule has 1 N–H and O–H groups in total. The number of rotatable bonds is 5. The third kappa shape index (κ3) is 4.31. The number of nitrogens with one attached hydrogen (secondary N) is 1. The van der Waals surface area contributed by atoms with Gasteiger partial charge in [0, 0.05) is 12.7 Å². The Bertz CT molecular complexity index is 1010. The zero-order valence-electron chi connectivity index (χ0n) is 15.3. The Morgan fingerprint density at radius 1 is 1.15 bits per heavy atom. The van der Waals surface area contributed by atoms with Gasteiger partial charge in [0.05, 0.1) is 28.6 Å². The minimum absolute atomic E-state index is 0.0876. The Morgan fingerprint density at radius 2 is 1.85 bits per heavy atom. The van der Waals surface area contributed by atoms with E-state index in [0.29, 0.717) is 35.5 Å². The van der Waals surface area contributed by atoms with Gasteiger partial charge in [0.1, 0.15) is 0 Å². The van der Waals surface area contributed by atoms with Crippen LogP contribution >= 0.6 is 0 Å². The van der Waals surface area contributed by atoms with E-state index in [4.69, 9.17) is 0 Å². The van der Waals surface area contributed by atoms with Crippen molar-refractivity contribution >= 4 is 25.7 Å². The summed E-state index contributed by atoms with van der Waals surface area (Å²) in [6, 6.07) is 8.56. The van der Waals surface area contributed by atoms with Crippen LogP contribution in [0.25, 0.3) is 0 Å². The molecule has 7 nitrogen and oxygen atoms in total. The Balaban J connectivity index is 1.90. The van der Waals surface area contributed by atoms with Gasteiger partial charge in [-0.1, -0.05) is 6.07 Å². The topological polar surface area (TPSA) is 96.4 Å². The number of nitrogens with zero attached hydrogens (tertiary/aromatic N) is 2. The lowest BCUT2D eigenvalue weighted by Gasteiger charge is -2.29. The zero-order chi connectivity index (χ0) is 19.7. The molecule has 0 spiro atoms. The first-order valence-electron chi connectivity index (χ1n) is 8.72. The zero-order valence-corrected chi connectivity index (χ0v) is 17.0. The Morgan fingerprint density at radius 3 is 2.44 bits per heavy atom. The van der Waals surface area contributed by atoms with Crippen molar-refractivity contribution in [1.82, 2.24) is 9.71 Å². The first-order chi connectivity index (χ1) is 12.7. The summed E-state index contributed by atoms with van der Waals surface area (Å²) in [4.78, 5) is 4.29.